The monoisotopic (exact) mass is 497 g/mol. The van der Waals surface area contributed by atoms with Gasteiger partial charge in [-0.3, -0.25) is 4.79 Å². The number of aromatic nitrogens is 2. The van der Waals surface area contributed by atoms with Crippen molar-refractivity contribution in [1.82, 2.24) is 14.7 Å². The number of hydrogen-bond donors (Lipinski definition) is 0. The van der Waals surface area contributed by atoms with Gasteiger partial charge in [0, 0.05) is 31.3 Å². The van der Waals surface area contributed by atoms with Crippen LogP contribution in [0.2, 0.25) is 0 Å². The molecule has 2 heterocycles. The first-order valence-electron chi connectivity index (χ1n) is 12.5. The maximum absolute atomic E-state index is 13.7. The highest BCUT2D eigenvalue weighted by molar-refractivity contribution is 5.94. The van der Waals surface area contributed by atoms with E-state index in [1.165, 1.54) is 0 Å². The lowest BCUT2D eigenvalue weighted by Gasteiger charge is -2.26. The van der Waals surface area contributed by atoms with Crippen LogP contribution in [-0.4, -0.2) is 47.0 Å². The molecule has 0 radical (unpaired) electrons. The van der Waals surface area contributed by atoms with Crippen molar-refractivity contribution in [2.75, 3.05) is 20.3 Å². The summed E-state index contributed by atoms with van der Waals surface area (Å²) in [4.78, 5) is 15.6. The SMILES string of the molecule is COc1ccccc1Oc1c(CN(C[C@@H]2CCCO2)C(=O)c2ccccc2)c(-c2ccccc2)nn1C. The molecule has 7 nitrogen and oxygen atoms in total. The molecule has 1 amide bonds. The zero-order valence-corrected chi connectivity index (χ0v) is 21.2. The van der Waals surface area contributed by atoms with E-state index < -0.39 is 0 Å². The summed E-state index contributed by atoms with van der Waals surface area (Å²) in [7, 11) is 3.47. The topological polar surface area (TPSA) is 65.8 Å². The summed E-state index contributed by atoms with van der Waals surface area (Å²) in [5.41, 5.74) is 3.18. The summed E-state index contributed by atoms with van der Waals surface area (Å²) in [5, 5.41) is 4.83. The minimum atomic E-state index is -0.0535. The third-order valence-electron chi connectivity index (χ3n) is 6.52. The van der Waals surface area contributed by atoms with Crippen LogP contribution in [0.25, 0.3) is 11.3 Å². The van der Waals surface area contributed by atoms with E-state index in [9.17, 15) is 4.79 Å². The fourth-order valence-electron chi connectivity index (χ4n) is 4.67. The van der Waals surface area contributed by atoms with Crippen molar-refractivity contribution in [2.45, 2.75) is 25.5 Å². The van der Waals surface area contributed by atoms with Crippen LogP contribution in [0.3, 0.4) is 0 Å². The average molecular weight is 498 g/mol. The van der Waals surface area contributed by atoms with Gasteiger partial charge in [-0.2, -0.15) is 5.10 Å². The molecule has 4 aromatic rings. The third kappa shape index (κ3) is 5.52. The van der Waals surface area contributed by atoms with Crippen LogP contribution >= 0.6 is 0 Å². The molecular weight excluding hydrogens is 466 g/mol. The van der Waals surface area contributed by atoms with Crippen molar-refractivity contribution in [3.05, 3.63) is 96.1 Å². The van der Waals surface area contributed by atoms with Gasteiger partial charge in [0.25, 0.3) is 5.91 Å². The molecular formula is C30H31N3O4. The number of aryl methyl sites for hydroxylation is 1. The zero-order valence-electron chi connectivity index (χ0n) is 21.2. The zero-order chi connectivity index (χ0) is 25.6. The van der Waals surface area contributed by atoms with E-state index in [2.05, 4.69) is 0 Å². The fourth-order valence-corrected chi connectivity index (χ4v) is 4.67. The number of ether oxygens (including phenoxy) is 3. The smallest absolute Gasteiger partial charge is 0.254 e. The van der Waals surface area contributed by atoms with Crippen LogP contribution in [0.5, 0.6) is 17.4 Å². The highest BCUT2D eigenvalue weighted by Crippen LogP contribution is 2.37. The Hall–Kier alpha value is -4.10. The van der Waals surface area contributed by atoms with Gasteiger partial charge in [-0.1, -0.05) is 60.7 Å². The lowest BCUT2D eigenvalue weighted by molar-refractivity contribution is 0.0506. The van der Waals surface area contributed by atoms with Crippen molar-refractivity contribution in [2.24, 2.45) is 7.05 Å². The molecule has 5 rings (SSSR count). The maximum Gasteiger partial charge on any atom is 0.254 e. The Kier molecular flexibility index (Phi) is 7.51. The van der Waals surface area contributed by atoms with Crippen molar-refractivity contribution in [3.63, 3.8) is 0 Å². The highest BCUT2D eigenvalue weighted by atomic mass is 16.5. The number of carbonyl (C=O) groups excluding carboxylic acids is 1. The van der Waals surface area contributed by atoms with Crippen LogP contribution < -0.4 is 9.47 Å². The van der Waals surface area contributed by atoms with E-state index in [4.69, 9.17) is 19.3 Å². The number of rotatable bonds is 9. The molecule has 3 aromatic carbocycles. The number of nitrogens with zero attached hydrogens (tertiary/aromatic N) is 3. The molecule has 1 saturated heterocycles. The first-order valence-corrected chi connectivity index (χ1v) is 12.5. The summed E-state index contributed by atoms with van der Waals surface area (Å²) < 4.78 is 19.6. The van der Waals surface area contributed by atoms with E-state index in [0.29, 0.717) is 36.0 Å². The number of para-hydroxylation sites is 2. The summed E-state index contributed by atoms with van der Waals surface area (Å²) in [5.74, 6) is 1.70. The minimum Gasteiger partial charge on any atom is -0.493 e. The molecule has 1 aliphatic heterocycles. The predicted molar refractivity (Wildman–Crippen MR) is 142 cm³/mol. The van der Waals surface area contributed by atoms with Gasteiger partial charge in [0.2, 0.25) is 5.88 Å². The van der Waals surface area contributed by atoms with Crippen molar-refractivity contribution >= 4 is 5.91 Å². The van der Waals surface area contributed by atoms with Crippen LogP contribution in [0, 0.1) is 0 Å². The average Bonchev–Trinajstić information content (AvgIpc) is 3.57. The number of carbonyl (C=O) groups is 1. The van der Waals surface area contributed by atoms with Crippen LogP contribution in [-0.2, 0) is 18.3 Å². The van der Waals surface area contributed by atoms with Crippen molar-refractivity contribution in [1.29, 1.82) is 0 Å². The Bertz CT molecular complexity index is 1330. The van der Waals surface area contributed by atoms with Gasteiger partial charge in [-0.05, 0) is 37.1 Å². The number of methoxy groups -OCH3 is 1. The Labute approximate surface area is 217 Å². The number of hydrogen-bond acceptors (Lipinski definition) is 5. The molecule has 0 saturated carbocycles. The minimum absolute atomic E-state index is 0.00287. The van der Waals surface area contributed by atoms with Gasteiger partial charge in [-0.15, -0.1) is 0 Å². The van der Waals surface area contributed by atoms with E-state index in [1.807, 2.05) is 96.9 Å². The van der Waals surface area contributed by atoms with Gasteiger partial charge in [0.1, 0.15) is 5.69 Å². The summed E-state index contributed by atoms with van der Waals surface area (Å²) in [6.07, 6.45) is 1.94. The predicted octanol–water partition coefficient (Wildman–Crippen LogP) is 5.71. The second kappa shape index (κ2) is 11.3. The van der Waals surface area contributed by atoms with Gasteiger partial charge < -0.3 is 19.1 Å². The maximum atomic E-state index is 13.7. The molecule has 0 bridgehead atoms. The van der Waals surface area contributed by atoms with Crippen LogP contribution in [0.4, 0.5) is 0 Å². The summed E-state index contributed by atoms with van der Waals surface area (Å²) in [6, 6.07) is 26.8. The van der Waals surface area contributed by atoms with Crippen LogP contribution in [0.1, 0.15) is 28.8 Å². The lowest BCUT2D eigenvalue weighted by atomic mass is 10.1. The molecule has 1 fully saturated rings. The van der Waals surface area contributed by atoms with Gasteiger partial charge in [0.05, 0.1) is 25.3 Å². The molecule has 1 aliphatic rings. The van der Waals surface area contributed by atoms with E-state index in [1.54, 1.807) is 11.8 Å². The standard InChI is InChI=1S/C30H31N3O4/c1-32-30(37-27-18-10-9-17-26(27)35-2)25(28(31-32)22-12-5-3-6-13-22)21-33(20-24-16-11-19-36-24)29(34)23-14-7-4-8-15-23/h3-10,12-15,17-18,24H,11,16,19-21H2,1-2H3/t24-/m0/s1. The Morgan fingerprint density at radius 2 is 1.68 bits per heavy atom. The molecule has 1 atom stereocenters. The molecule has 0 aliphatic carbocycles. The highest BCUT2D eigenvalue weighted by Gasteiger charge is 2.28. The van der Waals surface area contributed by atoms with E-state index in [0.717, 1.165) is 36.3 Å². The molecule has 0 unspecified atom stereocenters. The van der Waals surface area contributed by atoms with E-state index >= 15 is 0 Å². The quantitative estimate of drug-likeness (QED) is 0.296. The molecule has 190 valence electrons. The lowest BCUT2D eigenvalue weighted by Crippen LogP contribution is -2.37. The second-order valence-electron chi connectivity index (χ2n) is 9.06. The first-order chi connectivity index (χ1) is 18.1. The molecule has 1 aromatic heterocycles. The Morgan fingerprint density at radius 1 is 1.00 bits per heavy atom. The fraction of sp³-hybridized carbons (Fsp3) is 0.267. The van der Waals surface area contributed by atoms with Gasteiger partial charge in [0.15, 0.2) is 11.5 Å². The number of amides is 1. The Morgan fingerprint density at radius 3 is 2.35 bits per heavy atom. The van der Waals surface area contributed by atoms with Crippen molar-refractivity contribution < 1.29 is 19.0 Å². The van der Waals surface area contributed by atoms with Crippen molar-refractivity contribution in [3.8, 4) is 28.6 Å². The largest absolute Gasteiger partial charge is 0.493 e. The second-order valence-corrected chi connectivity index (χ2v) is 9.06. The number of benzene rings is 3. The normalized spacial score (nSPS) is 14.9. The van der Waals surface area contributed by atoms with Gasteiger partial charge in [-0.25, -0.2) is 4.68 Å². The summed E-state index contributed by atoms with van der Waals surface area (Å²) >= 11 is 0. The van der Waals surface area contributed by atoms with Gasteiger partial charge >= 0.3 is 0 Å². The third-order valence-corrected chi connectivity index (χ3v) is 6.52. The molecule has 7 heteroatoms. The Balaban J connectivity index is 1.57. The molecule has 37 heavy (non-hydrogen) atoms. The first kappa shape index (κ1) is 24.6. The summed E-state index contributed by atoms with van der Waals surface area (Å²) in [6.45, 7) is 1.53. The molecule has 0 spiro atoms. The molecule has 0 N–H and O–H groups in total. The van der Waals surface area contributed by atoms with Crippen LogP contribution in [0.15, 0.2) is 84.9 Å². The van der Waals surface area contributed by atoms with E-state index in [-0.39, 0.29) is 12.0 Å².